The van der Waals surface area contributed by atoms with Crippen molar-refractivity contribution < 1.29 is 19.4 Å². The van der Waals surface area contributed by atoms with E-state index in [4.69, 9.17) is 16.4 Å². The zero-order valence-electron chi connectivity index (χ0n) is 10.4. The maximum absolute atomic E-state index is 11.0. The number of unbranched alkanes of at least 4 members (excludes halogenated alkanes) is 1. The van der Waals surface area contributed by atoms with Crippen molar-refractivity contribution in [1.82, 2.24) is 5.32 Å². The van der Waals surface area contributed by atoms with Crippen LogP contribution < -0.4 is 11.1 Å². The average Bonchev–Trinajstić information content (AvgIpc) is 2.33. The van der Waals surface area contributed by atoms with E-state index >= 15 is 0 Å². The van der Waals surface area contributed by atoms with Gasteiger partial charge in [-0.25, -0.2) is 4.79 Å². The van der Waals surface area contributed by atoms with Gasteiger partial charge in [-0.2, -0.15) is 13.5 Å². The van der Waals surface area contributed by atoms with Crippen molar-refractivity contribution in [3.8, 4) is 0 Å². The third-order valence-electron chi connectivity index (χ3n) is 2.02. The Morgan fingerprint density at radius 3 is 2.74 bits per heavy atom. The first-order valence-corrected chi connectivity index (χ1v) is 5.47. The van der Waals surface area contributed by atoms with Gasteiger partial charge in [0.15, 0.2) is 0 Å². The maximum Gasteiger partial charge on any atom is 0.407 e. The van der Waals surface area contributed by atoms with Gasteiger partial charge in [-0.15, -0.1) is 0 Å². The van der Waals surface area contributed by atoms with Crippen LogP contribution in [0.2, 0.25) is 0 Å². The molecule has 0 radical (unpaired) electrons. The van der Waals surface area contributed by atoms with Crippen molar-refractivity contribution in [2.75, 3.05) is 19.7 Å². The van der Waals surface area contributed by atoms with Gasteiger partial charge in [0, 0.05) is 11.5 Å². The number of nitrogens with two attached hydrogens (primary N) is 1. The summed E-state index contributed by atoms with van der Waals surface area (Å²) in [6.07, 6.45) is 0.993. The number of hydrogen-bond donors (Lipinski definition) is 3. The van der Waals surface area contributed by atoms with Gasteiger partial charge in [0.25, 0.3) is 0 Å². The minimum Gasteiger partial charge on any atom is -0.480 e. The first-order chi connectivity index (χ1) is 8.57. The highest BCUT2D eigenvalue weighted by Crippen LogP contribution is 1.98. The van der Waals surface area contributed by atoms with Gasteiger partial charge in [0.1, 0.15) is 6.04 Å². The highest BCUT2D eigenvalue weighted by atomic mass is 32.1. The molecule has 0 aromatic heterocycles. The number of carboxylic acids is 1. The molecule has 0 aliphatic carbocycles. The molecule has 0 aliphatic rings. The summed E-state index contributed by atoms with van der Waals surface area (Å²) in [5, 5.41) is 14.2. The predicted molar refractivity (Wildman–Crippen MR) is 73.2 cm³/mol. The van der Waals surface area contributed by atoms with Crippen LogP contribution in [0.5, 0.6) is 0 Å². The van der Waals surface area contributed by atoms with Gasteiger partial charge in [0.05, 0.1) is 13.2 Å². The third kappa shape index (κ3) is 12.6. The molecule has 0 aromatic rings. The minimum atomic E-state index is -1.03. The van der Waals surface area contributed by atoms with E-state index in [0.29, 0.717) is 25.8 Å². The lowest BCUT2D eigenvalue weighted by Crippen LogP contribution is -2.30. The molecular formula is C9H19N5O4S. The summed E-state index contributed by atoms with van der Waals surface area (Å²) in [6, 6.07) is -0.860. The van der Waals surface area contributed by atoms with E-state index in [1.807, 2.05) is 0 Å². The zero-order valence-corrected chi connectivity index (χ0v) is 11.4. The molecule has 1 atom stereocenters. The lowest BCUT2D eigenvalue weighted by Gasteiger charge is -2.07. The van der Waals surface area contributed by atoms with Crippen LogP contribution in [0, 0.1) is 0 Å². The van der Waals surface area contributed by atoms with Crippen molar-refractivity contribution in [1.29, 1.82) is 0 Å². The van der Waals surface area contributed by atoms with E-state index in [2.05, 4.69) is 20.1 Å². The Balaban J connectivity index is 0. The molecule has 0 bridgehead atoms. The monoisotopic (exact) mass is 293 g/mol. The van der Waals surface area contributed by atoms with Crippen LogP contribution in [-0.2, 0) is 9.53 Å². The number of carboxylic acid groups (broad SMARTS) is 1. The number of carbonyl (C=O) groups excluding carboxylic acids is 1. The van der Waals surface area contributed by atoms with Gasteiger partial charge in [-0.05, 0) is 24.8 Å². The summed E-state index contributed by atoms with van der Waals surface area (Å²) in [6.45, 7) is 0.504. The molecule has 0 rings (SSSR count). The summed E-state index contributed by atoms with van der Waals surface area (Å²) in [7, 11) is 0. The molecule has 0 heterocycles. The van der Waals surface area contributed by atoms with Crippen molar-refractivity contribution >= 4 is 25.6 Å². The largest absolute Gasteiger partial charge is 0.480 e. The summed E-state index contributed by atoms with van der Waals surface area (Å²) in [4.78, 5) is 23.9. The fourth-order valence-electron chi connectivity index (χ4n) is 1.08. The number of hydrogen-bond acceptors (Lipinski definition) is 5. The van der Waals surface area contributed by atoms with Gasteiger partial charge in [-0.1, -0.05) is 5.11 Å². The number of aliphatic carboxylic acids is 1. The average molecular weight is 293 g/mol. The number of nitrogens with one attached hydrogen (secondary N) is 1. The van der Waals surface area contributed by atoms with Crippen LogP contribution in [0.25, 0.3) is 10.4 Å². The quantitative estimate of drug-likeness (QED) is 0.247. The topological polar surface area (TPSA) is 150 Å². The van der Waals surface area contributed by atoms with Gasteiger partial charge in [0.2, 0.25) is 0 Å². The molecule has 0 saturated heterocycles. The normalized spacial score (nSPS) is 10.6. The van der Waals surface area contributed by atoms with E-state index in [1.165, 1.54) is 0 Å². The van der Waals surface area contributed by atoms with Crippen LogP contribution in [-0.4, -0.2) is 42.9 Å². The second kappa shape index (κ2) is 12.8. The van der Waals surface area contributed by atoms with E-state index < -0.39 is 18.1 Å². The molecule has 110 valence electrons. The predicted octanol–water partition coefficient (Wildman–Crippen LogP) is 0.718. The van der Waals surface area contributed by atoms with E-state index in [0.717, 1.165) is 0 Å². The Morgan fingerprint density at radius 1 is 1.47 bits per heavy atom. The van der Waals surface area contributed by atoms with Gasteiger partial charge >= 0.3 is 12.1 Å². The SMILES string of the molecule is S.[N-]=[N+]=NCCOC(=O)NCCCC[C@H](N)C(=O)O. The van der Waals surface area contributed by atoms with E-state index in [9.17, 15) is 9.59 Å². The minimum absolute atomic E-state index is 0. The van der Waals surface area contributed by atoms with Crippen molar-refractivity contribution in [2.24, 2.45) is 10.8 Å². The molecule has 0 unspecified atom stereocenters. The number of rotatable bonds is 9. The number of ether oxygens (including phenoxy) is 1. The molecule has 0 fully saturated rings. The summed E-state index contributed by atoms with van der Waals surface area (Å²) in [5.74, 6) is -1.03. The fourth-order valence-corrected chi connectivity index (χ4v) is 1.08. The van der Waals surface area contributed by atoms with E-state index in [1.54, 1.807) is 0 Å². The Hall–Kier alpha value is -1.64. The van der Waals surface area contributed by atoms with Crippen molar-refractivity contribution in [2.45, 2.75) is 25.3 Å². The summed E-state index contributed by atoms with van der Waals surface area (Å²) in [5.41, 5.74) is 13.3. The molecule has 4 N–H and O–H groups in total. The second-order valence-corrected chi connectivity index (χ2v) is 3.46. The highest BCUT2D eigenvalue weighted by Gasteiger charge is 2.10. The standard InChI is InChI=1S/C9H17N5O4.H2S/c10-7(8(15)16)3-1-2-4-12-9(17)18-6-5-13-14-11;/h7H,1-6,10H2,(H,12,17)(H,15,16);1H2/t7-;/m0./s1. The number of nitrogens with zero attached hydrogens (tertiary/aromatic N) is 3. The molecule has 10 heteroatoms. The summed E-state index contributed by atoms with van der Waals surface area (Å²) < 4.78 is 4.68. The molecule has 0 spiro atoms. The smallest absolute Gasteiger partial charge is 0.407 e. The Morgan fingerprint density at radius 2 is 2.16 bits per heavy atom. The van der Waals surface area contributed by atoms with Crippen LogP contribution in [0.3, 0.4) is 0 Å². The Kier molecular flexibility index (Phi) is 13.3. The molecule has 1 amide bonds. The Labute approximate surface area is 117 Å². The van der Waals surface area contributed by atoms with E-state index in [-0.39, 0.29) is 26.6 Å². The molecule has 9 nitrogen and oxygen atoms in total. The zero-order chi connectivity index (χ0) is 13.8. The molecule has 0 saturated carbocycles. The van der Waals surface area contributed by atoms with Crippen molar-refractivity contribution in [3.63, 3.8) is 0 Å². The first-order valence-electron chi connectivity index (χ1n) is 5.47. The number of amides is 1. The van der Waals surface area contributed by atoms with Crippen LogP contribution >= 0.6 is 13.5 Å². The second-order valence-electron chi connectivity index (χ2n) is 3.46. The van der Waals surface area contributed by atoms with Crippen LogP contribution in [0.4, 0.5) is 4.79 Å². The molecular weight excluding hydrogens is 274 g/mol. The molecule has 0 aliphatic heterocycles. The first kappa shape index (κ1) is 19.7. The fraction of sp³-hybridized carbons (Fsp3) is 0.778. The number of azide groups is 1. The lowest BCUT2D eigenvalue weighted by molar-refractivity contribution is -0.138. The van der Waals surface area contributed by atoms with Crippen molar-refractivity contribution in [3.05, 3.63) is 10.4 Å². The number of alkyl carbamates (subject to hydrolysis) is 1. The van der Waals surface area contributed by atoms with Gasteiger partial charge in [-0.3, -0.25) is 4.79 Å². The Bertz CT molecular complexity index is 322. The third-order valence-corrected chi connectivity index (χ3v) is 2.02. The van der Waals surface area contributed by atoms with Crippen LogP contribution in [0.15, 0.2) is 5.11 Å². The van der Waals surface area contributed by atoms with Crippen LogP contribution in [0.1, 0.15) is 19.3 Å². The summed E-state index contributed by atoms with van der Waals surface area (Å²) >= 11 is 0. The maximum atomic E-state index is 11.0. The molecule has 0 aromatic carbocycles. The number of carbonyl (C=O) groups is 2. The highest BCUT2D eigenvalue weighted by molar-refractivity contribution is 7.59. The lowest BCUT2D eigenvalue weighted by atomic mass is 10.1. The van der Waals surface area contributed by atoms with Gasteiger partial charge < -0.3 is 20.9 Å². The molecule has 19 heavy (non-hydrogen) atoms.